The van der Waals surface area contributed by atoms with Crippen LogP contribution < -0.4 is 9.62 Å². The summed E-state index contributed by atoms with van der Waals surface area (Å²) in [5.41, 5.74) is 5.61. The van der Waals surface area contributed by atoms with E-state index >= 15 is 0 Å². The molecule has 5 nitrogen and oxygen atoms in total. The minimum atomic E-state index is -3.65. The quantitative estimate of drug-likeness (QED) is 0.730. The Morgan fingerprint density at radius 3 is 2.14 bits per heavy atom. The molecule has 1 N–H and O–H groups in total. The van der Waals surface area contributed by atoms with Gasteiger partial charge in [-0.3, -0.25) is 9.10 Å². The van der Waals surface area contributed by atoms with Crippen LogP contribution in [0, 0.1) is 27.7 Å². The van der Waals surface area contributed by atoms with Gasteiger partial charge >= 0.3 is 0 Å². The van der Waals surface area contributed by atoms with Gasteiger partial charge in [-0.15, -0.1) is 0 Å². The molecule has 2 aromatic rings. The predicted octanol–water partition coefficient (Wildman–Crippen LogP) is 4.34. The summed E-state index contributed by atoms with van der Waals surface area (Å²) in [6.07, 6.45) is 1.85. The summed E-state index contributed by atoms with van der Waals surface area (Å²) in [5.74, 6) is -0.317. The largest absolute Gasteiger partial charge is 0.347 e. The topological polar surface area (TPSA) is 66.5 Å². The van der Waals surface area contributed by atoms with E-state index in [2.05, 4.69) is 11.4 Å². The average Bonchev–Trinajstić information content (AvgIpc) is 2.62. The van der Waals surface area contributed by atoms with E-state index in [0.29, 0.717) is 12.1 Å². The number of aryl methyl sites for hydroxylation is 4. The third kappa shape index (κ3) is 5.38. The average molecular weight is 417 g/mol. The van der Waals surface area contributed by atoms with Gasteiger partial charge in [0.2, 0.25) is 15.9 Å². The highest BCUT2D eigenvalue weighted by molar-refractivity contribution is 7.92. The van der Waals surface area contributed by atoms with E-state index < -0.39 is 16.1 Å². The number of benzene rings is 2. The van der Waals surface area contributed by atoms with E-state index in [4.69, 9.17) is 0 Å². The number of carbonyl (C=O) groups is 1. The standard InChI is InChI=1S/C23H32N2O3S/c1-8-21(20-12-10-15(2)13-18(20)5)24-23(26)19(6)25(29(7,27)28)22-14-16(3)9-11-17(22)4/h9-14,19,21H,8H2,1-7H3,(H,24,26)/t19-,21-/m1/s1. The summed E-state index contributed by atoms with van der Waals surface area (Å²) < 4.78 is 26.4. The van der Waals surface area contributed by atoms with E-state index in [9.17, 15) is 13.2 Å². The number of hydrogen-bond donors (Lipinski definition) is 1. The summed E-state index contributed by atoms with van der Waals surface area (Å²) in [4.78, 5) is 13.1. The molecular formula is C23H32N2O3S. The molecule has 29 heavy (non-hydrogen) atoms. The smallest absolute Gasteiger partial charge is 0.244 e. The molecular weight excluding hydrogens is 384 g/mol. The lowest BCUT2D eigenvalue weighted by Crippen LogP contribution is -2.49. The second kappa shape index (κ2) is 8.99. The van der Waals surface area contributed by atoms with Gasteiger partial charge in [-0.05, 0) is 69.4 Å². The molecule has 2 atom stereocenters. The first-order chi connectivity index (χ1) is 13.5. The van der Waals surface area contributed by atoms with Crippen molar-refractivity contribution in [3.05, 3.63) is 64.2 Å². The molecule has 0 bridgehead atoms. The fourth-order valence-electron chi connectivity index (χ4n) is 3.65. The molecule has 0 radical (unpaired) electrons. The van der Waals surface area contributed by atoms with Crippen LogP contribution in [-0.4, -0.2) is 26.6 Å². The molecule has 1 amide bonds. The Kier molecular flexibility index (Phi) is 7.11. The number of nitrogens with zero attached hydrogens (tertiary/aromatic N) is 1. The van der Waals surface area contributed by atoms with Gasteiger partial charge in [-0.2, -0.15) is 0 Å². The highest BCUT2D eigenvalue weighted by Crippen LogP contribution is 2.27. The third-order valence-corrected chi connectivity index (χ3v) is 6.44. The first-order valence-electron chi connectivity index (χ1n) is 9.89. The summed E-state index contributed by atoms with van der Waals surface area (Å²) in [5, 5.41) is 3.05. The first-order valence-corrected chi connectivity index (χ1v) is 11.7. The zero-order chi connectivity index (χ0) is 21.9. The number of nitrogens with one attached hydrogen (secondary N) is 1. The Morgan fingerprint density at radius 1 is 1.00 bits per heavy atom. The van der Waals surface area contributed by atoms with E-state index in [1.165, 1.54) is 9.87 Å². The highest BCUT2D eigenvalue weighted by Gasteiger charge is 2.31. The van der Waals surface area contributed by atoms with E-state index in [1.54, 1.807) is 6.92 Å². The van der Waals surface area contributed by atoms with Crippen molar-refractivity contribution in [1.82, 2.24) is 5.32 Å². The van der Waals surface area contributed by atoms with Crippen molar-refractivity contribution < 1.29 is 13.2 Å². The normalized spacial score (nSPS) is 13.6. The molecule has 0 aliphatic heterocycles. The van der Waals surface area contributed by atoms with Crippen molar-refractivity contribution in [2.75, 3.05) is 10.6 Å². The molecule has 2 aromatic carbocycles. The van der Waals surface area contributed by atoms with Gasteiger partial charge in [-0.25, -0.2) is 8.42 Å². The second-order valence-electron chi connectivity index (χ2n) is 7.85. The van der Waals surface area contributed by atoms with E-state index in [0.717, 1.165) is 28.5 Å². The molecule has 0 aromatic heterocycles. The maximum Gasteiger partial charge on any atom is 0.244 e. The number of hydrogen-bond acceptors (Lipinski definition) is 3. The van der Waals surface area contributed by atoms with E-state index in [1.807, 2.05) is 65.0 Å². The van der Waals surface area contributed by atoms with Crippen LogP contribution in [0.5, 0.6) is 0 Å². The molecule has 0 aliphatic carbocycles. The monoisotopic (exact) mass is 416 g/mol. The molecule has 0 saturated carbocycles. The van der Waals surface area contributed by atoms with Crippen LogP contribution in [0.25, 0.3) is 0 Å². The third-order valence-electron chi connectivity index (χ3n) is 5.22. The van der Waals surface area contributed by atoms with Gasteiger partial charge < -0.3 is 5.32 Å². The molecule has 158 valence electrons. The molecule has 0 heterocycles. The van der Waals surface area contributed by atoms with Gasteiger partial charge in [0.15, 0.2) is 0 Å². The zero-order valence-electron chi connectivity index (χ0n) is 18.4. The van der Waals surface area contributed by atoms with Crippen LogP contribution in [0.2, 0.25) is 0 Å². The Bertz CT molecular complexity index is 999. The Hall–Kier alpha value is -2.34. The van der Waals surface area contributed by atoms with Crippen molar-refractivity contribution in [3.63, 3.8) is 0 Å². The van der Waals surface area contributed by atoms with Crippen LogP contribution in [0.3, 0.4) is 0 Å². The van der Waals surface area contributed by atoms with Crippen LogP contribution in [0.15, 0.2) is 36.4 Å². The van der Waals surface area contributed by atoms with Crippen LogP contribution in [-0.2, 0) is 14.8 Å². The SMILES string of the molecule is CC[C@@H](NC(=O)[C@@H](C)N(c1cc(C)ccc1C)S(C)(=O)=O)c1ccc(C)cc1C. The second-order valence-corrected chi connectivity index (χ2v) is 9.71. The maximum absolute atomic E-state index is 13.1. The predicted molar refractivity (Wildman–Crippen MR) is 120 cm³/mol. The van der Waals surface area contributed by atoms with Gasteiger partial charge in [0.25, 0.3) is 0 Å². The zero-order valence-corrected chi connectivity index (χ0v) is 19.2. The van der Waals surface area contributed by atoms with Crippen LogP contribution >= 0.6 is 0 Å². The van der Waals surface area contributed by atoms with Gasteiger partial charge in [0.1, 0.15) is 6.04 Å². The molecule has 6 heteroatoms. The van der Waals surface area contributed by atoms with Crippen molar-refractivity contribution in [2.45, 2.75) is 60.0 Å². The van der Waals surface area contributed by atoms with Gasteiger partial charge in [0, 0.05) is 0 Å². The molecule has 0 aliphatic rings. The summed E-state index contributed by atoms with van der Waals surface area (Å²) in [6.45, 7) is 11.5. The summed E-state index contributed by atoms with van der Waals surface area (Å²) >= 11 is 0. The summed E-state index contributed by atoms with van der Waals surface area (Å²) in [7, 11) is -3.65. The van der Waals surface area contributed by atoms with Crippen LogP contribution in [0.4, 0.5) is 5.69 Å². The molecule has 0 saturated heterocycles. The molecule has 0 unspecified atom stereocenters. The Morgan fingerprint density at radius 2 is 1.59 bits per heavy atom. The maximum atomic E-state index is 13.1. The first kappa shape index (κ1) is 22.9. The fourth-order valence-corrected chi connectivity index (χ4v) is 4.87. The lowest BCUT2D eigenvalue weighted by atomic mass is 9.97. The van der Waals surface area contributed by atoms with Crippen molar-refractivity contribution in [1.29, 1.82) is 0 Å². The van der Waals surface area contributed by atoms with Crippen molar-refractivity contribution >= 4 is 21.6 Å². The Balaban J connectivity index is 2.37. The summed E-state index contributed by atoms with van der Waals surface area (Å²) in [6, 6.07) is 10.7. The lowest BCUT2D eigenvalue weighted by molar-refractivity contribution is -0.122. The van der Waals surface area contributed by atoms with E-state index in [-0.39, 0.29) is 11.9 Å². The number of carbonyl (C=O) groups excluding carboxylic acids is 1. The van der Waals surface area contributed by atoms with Crippen molar-refractivity contribution in [2.24, 2.45) is 0 Å². The fraction of sp³-hybridized carbons (Fsp3) is 0.435. The lowest BCUT2D eigenvalue weighted by Gasteiger charge is -2.31. The minimum absolute atomic E-state index is 0.175. The van der Waals surface area contributed by atoms with Crippen molar-refractivity contribution in [3.8, 4) is 0 Å². The number of anilines is 1. The number of rotatable bonds is 7. The highest BCUT2D eigenvalue weighted by atomic mass is 32.2. The molecule has 0 spiro atoms. The molecule has 2 rings (SSSR count). The minimum Gasteiger partial charge on any atom is -0.347 e. The van der Waals surface area contributed by atoms with Crippen LogP contribution in [0.1, 0.15) is 54.1 Å². The van der Waals surface area contributed by atoms with Gasteiger partial charge in [-0.1, -0.05) is 42.8 Å². The number of sulfonamides is 1. The van der Waals surface area contributed by atoms with Gasteiger partial charge in [0.05, 0.1) is 18.0 Å². The molecule has 0 fully saturated rings. The number of amides is 1. The Labute approximate surface area is 175 Å².